The van der Waals surface area contributed by atoms with Crippen LogP contribution in [0.2, 0.25) is 0 Å². The first kappa shape index (κ1) is 15.3. The first-order valence-electron chi connectivity index (χ1n) is 7.25. The minimum absolute atomic E-state index is 0.826. The fourth-order valence-corrected chi connectivity index (χ4v) is 2.32. The number of hydrogen-bond acceptors (Lipinski definition) is 4. The predicted molar refractivity (Wildman–Crippen MR) is 86.1 cm³/mol. The van der Waals surface area contributed by atoms with Crippen molar-refractivity contribution >= 4 is 5.82 Å². The molecule has 0 saturated heterocycles. The van der Waals surface area contributed by atoms with Gasteiger partial charge in [-0.15, -0.1) is 0 Å². The fraction of sp³-hybridized carbons (Fsp3) is 0.412. The van der Waals surface area contributed by atoms with Gasteiger partial charge in [-0.1, -0.05) is 12.1 Å². The van der Waals surface area contributed by atoms with Crippen molar-refractivity contribution in [2.24, 2.45) is 0 Å². The quantitative estimate of drug-likeness (QED) is 0.817. The maximum atomic E-state index is 5.17. The Morgan fingerprint density at radius 3 is 2.43 bits per heavy atom. The molecule has 0 bridgehead atoms. The van der Waals surface area contributed by atoms with Gasteiger partial charge in [0.05, 0.1) is 7.11 Å². The Bertz CT molecular complexity index is 561. The number of nitrogens with zero attached hydrogens (tertiary/aromatic N) is 3. The van der Waals surface area contributed by atoms with E-state index < -0.39 is 0 Å². The van der Waals surface area contributed by atoms with E-state index in [9.17, 15) is 0 Å². The summed E-state index contributed by atoms with van der Waals surface area (Å²) in [6, 6.07) is 10.3. The van der Waals surface area contributed by atoms with E-state index >= 15 is 0 Å². The van der Waals surface area contributed by atoms with Crippen LogP contribution in [0.3, 0.4) is 0 Å². The van der Waals surface area contributed by atoms with Crippen LogP contribution in [-0.2, 0) is 6.42 Å². The third-order valence-corrected chi connectivity index (χ3v) is 3.46. The zero-order chi connectivity index (χ0) is 15.2. The van der Waals surface area contributed by atoms with Gasteiger partial charge >= 0.3 is 0 Å². The van der Waals surface area contributed by atoms with E-state index in [1.54, 1.807) is 7.11 Å². The van der Waals surface area contributed by atoms with E-state index in [1.165, 1.54) is 5.56 Å². The maximum Gasteiger partial charge on any atom is 0.132 e. The summed E-state index contributed by atoms with van der Waals surface area (Å²) in [6.45, 7) is 4.91. The number of hydrogen-bond donors (Lipinski definition) is 0. The summed E-state index contributed by atoms with van der Waals surface area (Å²) in [4.78, 5) is 11.0. The van der Waals surface area contributed by atoms with Crippen molar-refractivity contribution in [3.05, 3.63) is 47.4 Å². The van der Waals surface area contributed by atoms with Crippen LogP contribution < -0.4 is 9.64 Å². The first-order chi connectivity index (χ1) is 10.1. The minimum Gasteiger partial charge on any atom is -0.497 e. The largest absolute Gasteiger partial charge is 0.497 e. The molecule has 0 aliphatic carbocycles. The maximum absolute atomic E-state index is 5.17. The second-order valence-electron chi connectivity index (χ2n) is 5.29. The molecule has 1 aromatic carbocycles. The molecule has 21 heavy (non-hydrogen) atoms. The highest BCUT2D eigenvalue weighted by Crippen LogP contribution is 2.14. The Labute approximate surface area is 126 Å². The van der Waals surface area contributed by atoms with Crippen molar-refractivity contribution in [3.63, 3.8) is 0 Å². The third-order valence-electron chi connectivity index (χ3n) is 3.46. The Morgan fingerprint density at radius 1 is 1.10 bits per heavy atom. The van der Waals surface area contributed by atoms with E-state index in [0.717, 1.165) is 42.5 Å². The summed E-state index contributed by atoms with van der Waals surface area (Å²) in [5.41, 5.74) is 2.35. The van der Waals surface area contributed by atoms with Gasteiger partial charge in [0.25, 0.3) is 0 Å². The highest BCUT2D eigenvalue weighted by atomic mass is 16.5. The standard InChI is InChI=1S/C17H23N3O/c1-13-12-17(19-14(2)18-13)20(3)11-5-6-15-7-9-16(21-4)10-8-15/h7-10,12H,5-6,11H2,1-4H3. The highest BCUT2D eigenvalue weighted by Gasteiger charge is 2.05. The highest BCUT2D eigenvalue weighted by molar-refractivity contribution is 5.38. The number of anilines is 1. The van der Waals surface area contributed by atoms with Crippen LogP contribution in [-0.4, -0.2) is 30.7 Å². The predicted octanol–water partition coefficient (Wildman–Crippen LogP) is 3.17. The monoisotopic (exact) mass is 285 g/mol. The molecule has 0 saturated carbocycles. The average Bonchev–Trinajstić information content (AvgIpc) is 2.47. The Balaban J connectivity index is 1.87. The van der Waals surface area contributed by atoms with Gasteiger partial charge in [-0.05, 0) is 44.4 Å². The molecule has 112 valence electrons. The van der Waals surface area contributed by atoms with Crippen molar-refractivity contribution in [3.8, 4) is 5.75 Å². The van der Waals surface area contributed by atoms with Crippen LogP contribution in [0.1, 0.15) is 23.5 Å². The van der Waals surface area contributed by atoms with Crippen molar-refractivity contribution in [2.45, 2.75) is 26.7 Å². The van der Waals surface area contributed by atoms with Gasteiger partial charge in [-0.3, -0.25) is 0 Å². The van der Waals surface area contributed by atoms with Gasteiger partial charge in [-0.25, -0.2) is 9.97 Å². The second-order valence-corrected chi connectivity index (χ2v) is 5.29. The molecular formula is C17H23N3O. The summed E-state index contributed by atoms with van der Waals surface area (Å²) in [7, 11) is 3.77. The van der Waals surface area contributed by atoms with Crippen molar-refractivity contribution < 1.29 is 4.74 Å². The molecular weight excluding hydrogens is 262 g/mol. The number of benzene rings is 1. The van der Waals surface area contributed by atoms with Crippen LogP contribution in [0.4, 0.5) is 5.82 Å². The van der Waals surface area contributed by atoms with Gasteiger partial charge in [0.1, 0.15) is 17.4 Å². The second kappa shape index (κ2) is 7.07. The molecule has 0 atom stereocenters. The van der Waals surface area contributed by atoms with Gasteiger partial charge in [0, 0.05) is 25.4 Å². The lowest BCUT2D eigenvalue weighted by Crippen LogP contribution is -2.21. The lowest BCUT2D eigenvalue weighted by molar-refractivity contribution is 0.414. The normalized spacial score (nSPS) is 10.5. The molecule has 2 aromatic rings. The zero-order valence-corrected chi connectivity index (χ0v) is 13.3. The summed E-state index contributed by atoms with van der Waals surface area (Å²) in [5.74, 6) is 2.73. The van der Waals surface area contributed by atoms with E-state index in [1.807, 2.05) is 32.0 Å². The average molecular weight is 285 g/mol. The van der Waals surface area contributed by atoms with Crippen LogP contribution in [0.15, 0.2) is 30.3 Å². The van der Waals surface area contributed by atoms with Crippen molar-refractivity contribution in [2.75, 3.05) is 25.6 Å². The lowest BCUT2D eigenvalue weighted by Gasteiger charge is -2.18. The van der Waals surface area contributed by atoms with Crippen molar-refractivity contribution in [1.82, 2.24) is 9.97 Å². The smallest absolute Gasteiger partial charge is 0.132 e. The van der Waals surface area contributed by atoms with E-state index in [0.29, 0.717) is 0 Å². The molecule has 1 aromatic heterocycles. The molecule has 0 N–H and O–H groups in total. The van der Waals surface area contributed by atoms with Crippen LogP contribution >= 0.6 is 0 Å². The summed E-state index contributed by atoms with van der Waals surface area (Å²) >= 11 is 0. The molecule has 1 heterocycles. The minimum atomic E-state index is 0.826. The zero-order valence-electron chi connectivity index (χ0n) is 13.3. The molecule has 0 spiro atoms. The number of aromatic nitrogens is 2. The SMILES string of the molecule is COc1ccc(CCCN(C)c2cc(C)nc(C)n2)cc1. The van der Waals surface area contributed by atoms with Crippen LogP contribution in [0, 0.1) is 13.8 Å². The molecule has 0 unspecified atom stereocenters. The first-order valence-corrected chi connectivity index (χ1v) is 7.25. The molecule has 0 aliphatic rings. The van der Waals surface area contributed by atoms with Crippen LogP contribution in [0.5, 0.6) is 5.75 Å². The molecule has 2 rings (SSSR count). The van der Waals surface area contributed by atoms with E-state index in [-0.39, 0.29) is 0 Å². The lowest BCUT2D eigenvalue weighted by atomic mass is 10.1. The number of aryl methyl sites for hydroxylation is 3. The molecule has 4 nitrogen and oxygen atoms in total. The van der Waals surface area contributed by atoms with Gasteiger partial charge in [-0.2, -0.15) is 0 Å². The van der Waals surface area contributed by atoms with Gasteiger partial charge in [0.2, 0.25) is 0 Å². The Kier molecular flexibility index (Phi) is 5.14. The van der Waals surface area contributed by atoms with Gasteiger partial charge < -0.3 is 9.64 Å². The third kappa shape index (κ3) is 4.45. The van der Waals surface area contributed by atoms with E-state index in [2.05, 4.69) is 34.0 Å². The fourth-order valence-electron chi connectivity index (χ4n) is 2.32. The molecule has 0 aliphatic heterocycles. The van der Waals surface area contributed by atoms with Crippen LogP contribution in [0.25, 0.3) is 0 Å². The Morgan fingerprint density at radius 2 is 1.81 bits per heavy atom. The molecule has 0 fully saturated rings. The van der Waals surface area contributed by atoms with Gasteiger partial charge in [0.15, 0.2) is 0 Å². The summed E-state index contributed by atoms with van der Waals surface area (Å²) in [5, 5.41) is 0. The number of rotatable bonds is 6. The molecule has 0 radical (unpaired) electrons. The summed E-state index contributed by atoms with van der Waals surface area (Å²) < 4.78 is 5.17. The summed E-state index contributed by atoms with van der Waals surface area (Å²) in [6.07, 6.45) is 2.14. The topological polar surface area (TPSA) is 38.2 Å². The number of methoxy groups -OCH3 is 1. The number of ether oxygens (including phenoxy) is 1. The van der Waals surface area contributed by atoms with E-state index in [4.69, 9.17) is 4.74 Å². The van der Waals surface area contributed by atoms with Crippen molar-refractivity contribution in [1.29, 1.82) is 0 Å². The molecule has 4 heteroatoms. The Hall–Kier alpha value is -2.10. The molecule has 0 amide bonds.